The largest absolute Gasteiger partial charge is 0.353 e. The first-order valence-electron chi connectivity index (χ1n) is 5.67. The van der Waals surface area contributed by atoms with Crippen molar-refractivity contribution in [3.05, 3.63) is 0 Å². The van der Waals surface area contributed by atoms with Gasteiger partial charge in [-0.15, -0.1) is 0 Å². The lowest BCUT2D eigenvalue weighted by Crippen LogP contribution is -2.44. The molecule has 3 nitrogen and oxygen atoms in total. The quantitative estimate of drug-likeness (QED) is 0.717. The van der Waals surface area contributed by atoms with Crippen LogP contribution in [0.1, 0.15) is 40.0 Å². The van der Waals surface area contributed by atoms with Crippen LogP contribution in [0.2, 0.25) is 0 Å². The predicted octanol–water partition coefficient (Wildman–Crippen LogP) is 1.29. The van der Waals surface area contributed by atoms with E-state index in [2.05, 4.69) is 31.4 Å². The Morgan fingerprint density at radius 2 is 2.36 bits per heavy atom. The van der Waals surface area contributed by atoms with Crippen LogP contribution in [-0.4, -0.2) is 24.5 Å². The summed E-state index contributed by atoms with van der Waals surface area (Å²) in [6, 6.07) is 0.795. The number of carbonyl (C=O) groups is 1. The average Bonchev–Trinajstić information content (AvgIpc) is 2.17. The molecule has 14 heavy (non-hydrogen) atoms. The minimum absolute atomic E-state index is 0.222. The number of piperidine rings is 1. The molecule has 1 rings (SSSR count). The first-order valence-corrected chi connectivity index (χ1v) is 5.67. The van der Waals surface area contributed by atoms with Gasteiger partial charge in [0.15, 0.2) is 0 Å². The van der Waals surface area contributed by atoms with Crippen LogP contribution in [0.5, 0.6) is 0 Å². The summed E-state index contributed by atoms with van der Waals surface area (Å²) in [5, 5.41) is 6.41. The SMILES string of the molecule is CCC(C)NC(=O)C1CCNC(C)C1. The van der Waals surface area contributed by atoms with Gasteiger partial charge in [-0.3, -0.25) is 4.79 Å². The number of amides is 1. The van der Waals surface area contributed by atoms with Crippen LogP contribution in [0, 0.1) is 5.92 Å². The summed E-state index contributed by atoms with van der Waals surface area (Å²) in [5.41, 5.74) is 0. The van der Waals surface area contributed by atoms with Gasteiger partial charge >= 0.3 is 0 Å². The molecule has 0 radical (unpaired) electrons. The molecule has 3 atom stereocenters. The van der Waals surface area contributed by atoms with Gasteiger partial charge in [-0.25, -0.2) is 0 Å². The molecule has 1 aliphatic rings. The fourth-order valence-electron chi connectivity index (χ4n) is 1.83. The van der Waals surface area contributed by atoms with Gasteiger partial charge in [0.2, 0.25) is 5.91 Å². The lowest BCUT2D eigenvalue weighted by Gasteiger charge is -2.28. The highest BCUT2D eigenvalue weighted by molar-refractivity contribution is 5.79. The summed E-state index contributed by atoms with van der Waals surface area (Å²) in [5.74, 6) is 0.466. The Balaban J connectivity index is 2.36. The Bertz CT molecular complexity index is 194. The van der Waals surface area contributed by atoms with Crippen molar-refractivity contribution >= 4 is 5.91 Å². The van der Waals surface area contributed by atoms with Crippen LogP contribution in [0.25, 0.3) is 0 Å². The third-order valence-electron chi connectivity index (χ3n) is 3.00. The summed E-state index contributed by atoms with van der Waals surface area (Å²) in [4.78, 5) is 11.8. The molecule has 0 aromatic heterocycles. The van der Waals surface area contributed by atoms with E-state index in [0.717, 1.165) is 25.8 Å². The number of rotatable bonds is 3. The van der Waals surface area contributed by atoms with E-state index in [1.54, 1.807) is 0 Å². The van der Waals surface area contributed by atoms with Gasteiger partial charge < -0.3 is 10.6 Å². The molecule has 0 bridgehead atoms. The van der Waals surface area contributed by atoms with Crippen molar-refractivity contribution in [1.82, 2.24) is 10.6 Å². The van der Waals surface area contributed by atoms with Gasteiger partial charge in [-0.05, 0) is 39.7 Å². The summed E-state index contributed by atoms with van der Waals surface area (Å²) >= 11 is 0. The Morgan fingerprint density at radius 3 is 2.93 bits per heavy atom. The van der Waals surface area contributed by atoms with Crippen molar-refractivity contribution in [2.75, 3.05) is 6.54 Å². The first-order chi connectivity index (χ1) is 6.63. The Morgan fingerprint density at radius 1 is 1.64 bits per heavy atom. The minimum Gasteiger partial charge on any atom is -0.353 e. The summed E-state index contributed by atoms with van der Waals surface area (Å²) in [6.45, 7) is 7.26. The molecule has 1 amide bonds. The molecule has 2 N–H and O–H groups in total. The second kappa shape index (κ2) is 5.35. The van der Waals surface area contributed by atoms with Gasteiger partial charge in [-0.1, -0.05) is 6.92 Å². The summed E-state index contributed by atoms with van der Waals surface area (Å²) < 4.78 is 0. The molecule has 0 aromatic rings. The molecule has 0 aliphatic carbocycles. The van der Waals surface area contributed by atoms with Crippen LogP contribution >= 0.6 is 0 Å². The highest BCUT2D eigenvalue weighted by Crippen LogP contribution is 2.16. The van der Waals surface area contributed by atoms with Gasteiger partial charge in [0.25, 0.3) is 0 Å². The number of nitrogens with one attached hydrogen (secondary N) is 2. The lowest BCUT2D eigenvalue weighted by molar-refractivity contribution is -0.126. The van der Waals surface area contributed by atoms with E-state index in [1.807, 2.05) is 0 Å². The smallest absolute Gasteiger partial charge is 0.223 e. The molecule has 0 saturated carbocycles. The topological polar surface area (TPSA) is 41.1 Å². The minimum atomic E-state index is 0.222. The molecule has 1 aliphatic heterocycles. The van der Waals surface area contributed by atoms with Gasteiger partial charge in [0.05, 0.1) is 0 Å². The first kappa shape index (κ1) is 11.5. The monoisotopic (exact) mass is 198 g/mol. The van der Waals surface area contributed by atoms with Crippen molar-refractivity contribution in [3.63, 3.8) is 0 Å². The zero-order valence-corrected chi connectivity index (χ0v) is 9.47. The molecule has 1 saturated heterocycles. The van der Waals surface area contributed by atoms with E-state index >= 15 is 0 Å². The van der Waals surface area contributed by atoms with Crippen molar-refractivity contribution < 1.29 is 4.79 Å². The lowest BCUT2D eigenvalue weighted by atomic mass is 9.92. The zero-order chi connectivity index (χ0) is 10.6. The molecule has 3 unspecified atom stereocenters. The van der Waals surface area contributed by atoms with Crippen LogP contribution in [0.4, 0.5) is 0 Å². The maximum Gasteiger partial charge on any atom is 0.223 e. The Kier molecular flexibility index (Phi) is 4.39. The molecular formula is C11H22N2O. The van der Waals surface area contributed by atoms with E-state index in [0.29, 0.717) is 12.1 Å². The molecular weight excluding hydrogens is 176 g/mol. The third-order valence-corrected chi connectivity index (χ3v) is 3.00. The fourth-order valence-corrected chi connectivity index (χ4v) is 1.83. The van der Waals surface area contributed by atoms with E-state index in [-0.39, 0.29) is 11.8 Å². The standard InChI is InChI=1S/C11H22N2O/c1-4-8(2)13-11(14)10-5-6-12-9(3)7-10/h8-10,12H,4-7H2,1-3H3,(H,13,14). The highest BCUT2D eigenvalue weighted by atomic mass is 16.1. The van der Waals surface area contributed by atoms with E-state index in [9.17, 15) is 4.79 Å². The van der Waals surface area contributed by atoms with E-state index in [1.165, 1.54) is 0 Å². The third kappa shape index (κ3) is 3.29. The highest BCUT2D eigenvalue weighted by Gasteiger charge is 2.24. The Hall–Kier alpha value is -0.570. The number of carbonyl (C=O) groups excluding carboxylic acids is 1. The molecule has 1 heterocycles. The normalized spacial score (nSPS) is 29.6. The van der Waals surface area contributed by atoms with Crippen molar-refractivity contribution in [3.8, 4) is 0 Å². The second-order valence-corrected chi connectivity index (χ2v) is 4.39. The molecule has 82 valence electrons. The molecule has 0 aromatic carbocycles. The number of hydrogen-bond donors (Lipinski definition) is 2. The average molecular weight is 198 g/mol. The van der Waals surface area contributed by atoms with Gasteiger partial charge in [0.1, 0.15) is 0 Å². The van der Waals surface area contributed by atoms with Crippen LogP contribution in [0.15, 0.2) is 0 Å². The zero-order valence-electron chi connectivity index (χ0n) is 9.47. The van der Waals surface area contributed by atoms with E-state index in [4.69, 9.17) is 0 Å². The molecule has 1 fully saturated rings. The van der Waals surface area contributed by atoms with Crippen LogP contribution < -0.4 is 10.6 Å². The van der Waals surface area contributed by atoms with Crippen LogP contribution in [-0.2, 0) is 4.79 Å². The number of hydrogen-bond acceptors (Lipinski definition) is 2. The Labute approximate surface area is 86.6 Å². The summed E-state index contributed by atoms with van der Waals surface area (Å²) in [6.07, 6.45) is 2.96. The van der Waals surface area contributed by atoms with Crippen molar-refractivity contribution in [2.45, 2.75) is 52.1 Å². The van der Waals surface area contributed by atoms with Crippen molar-refractivity contribution in [2.24, 2.45) is 5.92 Å². The van der Waals surface area contributed by atoms with Gasteiger partial charge in [0, 0.05) is 18.0 Å². The van der Waals surface area contributed by atoms with E-state index < -0.39 is 0 Å². The fraction of sp³-hybridized carbons (Fsp3) is 0.909. The maximum absolute atomic E-state index is 11.8. The molecule has 0 spiro atoms. The van der Waals surface area contributed by atoms with Crippen molar-refractivity contribution in [1.29, 1.82) is 0 Å². The summed E-state index contributed by atoms with van der Waals surface area (Å²) in [7, 11) is 0. The molecule has 3 heteroatoms. The van der Waals surface area contributed by atoms with Gasteiger partial charge in [-0.2, -0.15) is 0 Å². The van der Waals surface area contributed by atoms with Crippen LogP contribution in [0.3, 0.4) is 0 Å². The second-order valence-electron chi connectivity index (χ2n) is 4.39. The maximum atomic E-state index is 11.8. The predicted molar refractivity (Wildman–Crippen MR) is 58.1 cm³/mol.